The minimum Gasteiger partial charge on any atom is -0.382 e. The second kappa shape index (κ2) is 5.09. The van der Waals surface area contributed by atoms with Gasteiger partial charge in [0.05, 0.1) is 6.10 Å². The topological polar surface area (TPSA) is 88.1 Å². The number of piperidine rings is 1. The third-order valence-electron chi connectivity index (χ3n) is 2.95. The molecule has 6 heteroatoms. The summed E-state index contributed by atoms with van der Waals surface area (Å²) in [6.07, 6.45) is 5.50. The molecule has 1 aliphatic heterocycles. The van der Waals surface area contributed by atoms with E-state index in [1.807, 2.05) is 0 Å². The maximum atomic E-state index is 7.51. The van der Waals surface area contributed by atoms with Gasteiger partial charge in [-0.2, -0.15) is 0 Å². The molecule has 2 heterocycles. The highest BCUT2D eigenvalue weighted by molar-refractivity contribution is 5.97. The van der Waals surface area contributed by atoms with Crippen molar-refractivity contribution in [1.29, 1.82) is 5.41 Å². The fourth-order valence-electron chi connectivity index (χ4n) is 2.08. The maximum absolute atomic E-state index is 7.51. The Kier molecular flexibility index (Phi) is 3.53. The quantitative estimate of drug-likeness (QED) is 0.584. The van der Waals surface area contributed by atoms with Gasteiger partial charge in [-0.25, -0.2) is 9.97 Å². The lowest BCUT2D eigenvalue weighted by Gasteiger charge is -2.33. The summed E-state index contributed by atoms with van der Waals surface area (Å²) in [5.41, 5.74) is 5.96. The van der Waals surface area contributed by atoms with Crippen LogP contribution >= 0.6 is 0 Å². The number of rotatable bonds is 3. The Balaban J connectivity index is 2.24. The molecule has 2 rings (SSSR count). The first-order chi connectivity index (χ1) is 8.22. The predicted octanol–water partition coefficient (Wildman–Crippen LogP) is 0.376. The molecule has 1 atom stereocenters. The summed E-state index contributed by atoms with van der Waals surface area (Å²) < 4.78 is 5.37. The summed E-state index contributed by atoms with van der Waals surface area (Å²) in [5, 5.41) is 7.51. The Hall–Kier alpha value is -1.69. The number of hydrogen-bond acceptors (Lipinski definition) is 5. The molecule has 0 bridgehead atoms. The number of nitrogens with one attached hydrogen (secondary N) is 1. The zero-order chi connectivity index (χ0) is 12.3. The van der Waals surface area contributed by atoms with Crippen molar-refractivity contribution in [2.24, 2.45) is 5.73 Å². The monoisotopic (exact) mass is 235 g/mol. The van der Waals surface area contributed by atoms with Crippen LogP contribution in [0.15, 0.2) is 12.4 Å². The van der Waals surface area contributed by atoms with Crippen LogP contribution in [0.5, 0.6) is 0 Å². The molecule has 1 saturated heterocycles. The van der Waals surface area contributed by atoms with Gasteiger partial charge in [0, 0.05) is 32.6 Å². The molecule has 0 aromatic carbocycles. The van der Waals surface area contributed by atoms with E-state index in [-0.39, 0.29) is 11.9 Å². The Morgan fingerprint density at radius 3 is 3.00 bits per heavy atom. The zero-order valence-electron chi connectivity index (χ0n) is 9.89. The highest BCUT2D eigenvalue weighted by atomic mass is 16.5. The molecule has 0 aliphatic carbocycles. The molecule has 1 aromatic rings. The van der Waals surface area contributed by atoms with E-state index >= 15 is 0 Å². The summed E-state index contributed by atoms with van der Waals surface area (Å²) in [4.78, 5) is 10.5. The van der Waals surface area contributed by atoms with E-state index in [2.05, 4.69) is 14.9 Å². The van der Waals surface area contributed by atoms with Crippen LogP contribution in [0.2, 0.25) is 0 Å². The van der Waals surface area contributed by atoms with Gasteiger partial charge in [0.15, 0.2) is 5.82 Å². The number of ether oxygens (including phenoxy) is 1. The van der Waals surface area contributed by atoms with Gasteiger partial charge in [-0.05, 0) is 12.8 Å². The molecule has 1 aromatic heterocycles. The average molecular weight is 235 g/mol. The van der Waals surface area contributed by atoms with Crippen molar-refractivity contribution in [1.82, 2.24) is 9.97 Å². The van der Waals surface area contributed by atoms with Crippen LogP contribution in [-0.4, -0.2) is 42.1 Å². The van der Waals surface area contributed by atoms with Gasteiger partial charge in [0.2, 0.25) is 0 Å². The van der Waals surface area contributed by atoms with Gasteiger partial charge in [0.1, 0.15) is 11.5 Å². The van der Waals surface area contributed by atoms with E-state index in [1.165, 1.54) is 0 Å². The van der Waals surface area contributed by atoms with Gasteiger partial charge in [0.25, 0.3) is 0 Å². The van der Waals surface area contributed by atoms with E-state index in [4.69, 9.17) is 15.9 Å². The van der Waals surface area contributed by atoms with Crippen LogP contribution in [0.25, 0.3) is 0 Å². The molecule has 0 radical (unpaired) electrons. The molecular weight excluding hydrogens is 218 g/mol. The van der Waals surface area contributed by atoms with Crippen LogP contribution in [0.1, 0.15) is 18.5 Å². The number of aromatic nitrogens is 2. The van der Waals surface area contributed by atoms with Gasteiger partial charge in [-0.3, -0.25) is 5.41 Å². The number of amidine groups is 1. The van der Waals surface area contributed by atoms with Crippen LogP contribution in [0.4, 0.5) is 5.82 Å². The number of nitrogens with two attached hydrogens (primary N) is 1. The molecule has 0 saturated carbocycles. The van der Waals surface area contributed by atoms with Gasteiger partial charge in [-0.15, -0.1) is 0 Å². The van der Waals surface area contributed by atoms with Crippen molar-refractivity contribution in [3.8, 4) is 0 Å². The lowest BCUT2D eigenvalue weighted by molar-refractivity contribution is 0.0891. The Bertz CT molecular complexity index is 409. The fourth-order valence-corrected chi connectivity index (χ4v) is 2.08. The first-order valence-corrected chi connectivity index (χ1v) is 5.65. The summed E-state index contributed by atoms with van der Waals surface area (Å²) in [5.74, 6) is 0.634. The van der Waals surface area contributed by atoms with Crippen LogP contribution in [0.3, 0.4) is 0 Å². The highest BCUT2D eigenvalue weighted by Crippen LogP contribution is 2.21. The van der Waals surface area contributed by atoms with E-state index in [0.717, 1.165) is 25.9 Å². The third kappa shape index (κ3) is 2.52. The standard InChI is InChI=1S/C11H17N5O/c1-17-8-3-2-6-16(7-8)11-9(10(12)13)14-4-5-15-11/h4-5,8H,2-3,6-7H2,1H3,(H3,12,13). The maximum Gasteiger partial charge on any atom is 0.158 e. The number of nitrogen functional groups attached to an aromatic ring is 1. The van der Waals surface area contributed by atoms with Crippen LogP contribution < -0.4 is 10.6 Å². The van der Waals surface area contributed by atoms with Crippen molar-refractivity contribution in [2.45, 2.75) is 18.9 Å². The fraction of sp³-hybridized carbons (Fsp3) is 0.545. The minimum absolute atomic E-state index is 0.0485. The Morgan fingerprint density at radius 2 is 2.29 bits per heavy atom. The Labute approximate surface area is 100 Å². The van der Waals surface area contributed by atoms with E-state index in [9.17, 15) is 0 Å². The zero-order valence-corrected chi connectivity index (χ0v) is 9.89. The van der Waals surface area contributed by atoms with Gasteiger partial charge in [-0.1, -0.05) is 0 Å². The van der Waals surface area contributed by atoms with Crippen molar-refractivity contribution >= 4 is 11.7 Å². The molecular formula is C11H17N5O. The third-order valence-corrected chi connectivity index (χ3v) is 2.95. The van der Waals surface area contributed by atoms with Crippen molar-refractivity contribution < 1.29 is 4.74 Å². The molecule has 0 amide bonds. The van der Waals surface area contributed by atoms with Crippen molar-refractivity contribution in [3.63, 3.8) is 0 Å². The second-order valence-electron chi connectivity index (χ2n) is 4.09. The molecule has 1 fully saturated rings. The minimum atomic E-state index is -0.0485. The first kappa shape index (κ1) is 11.8. The molecule has 1 aliphatic rings. The highest BCUT2D eigenvalue weighted by Gasteiger charge is 2.23. The molecule has 3 N–H and O–H groups in total. The number of nitrogens with zero attached hydrogens (tertiary/aromatic N) is 3. The van der Waals surface area contributed by atoms with Crippen LogP contribution in [0, 0.1) is 5.41 Å². The predicted molar refractivity (Wildman–Crippen MR) is 65.3 cm³/mol. The molecule has 92 valence electrons. The van der Waals surface area contributed by atoms with Crippen molar-refractivity contribution in [3.05, 3.63) is 18.1 Å². The first-order valence-electron chi connectivity index (χ1n) is 5.65. The number of hydrogen-bond donors (Lipinski definition) is 2. The van der Waals surface area contributed by atoms with E-state index < -0.39 is 0 Å². The van der Waals surface area contributed by atoms with Gasteiger partial charge < -0.3 is 15.4 Å². The summed E-state index contributed by atoms with van der Waals surface area (Å²) in [6.45, 7) is 1.67. The molecule has 17 heavy (non-hydrogen) atoms. The number of anilines is 1. The lowest BCUT2D eigenvalue weighted by atomic mass is 10.1. The van der Waals surface area contributed by atoms with Crippen molar-refractivity contribution in [2.75, 3.05) is 25.1 Å². The SMILES string of the molecule is COC1CCCN(c2nccnc2C(=N)N)C1. The lowest BCUT2D eigenvalue weighted by Crippen LogP contribution is -2.40. The Morgan fingerprint density at radius 1 is 1.53 bits per heavy atom. The normalized spacial score (nSPS) is 20.3. The largest absolute Gasteiger partial charge is 0.382 e. The van der Waals surface area contributed by atoms with E-state index in [1.54, 1.807) is 19.5 Å². The second-order valence-corrected chi connectivity index (χ2v) is 4.09. The summed E-state index contributed by atoms with van der Waals surface area (Å²) in [7, 11) is 1.72. The average Bonchev–Trinajstić information content (AvgIpc) is 2.39. The molecule has 6 nitrogen and oxygen atoms in total. The molecule has 1 unspecified atom stereocenters. The van der Waals surface area contributed by atoms with E-state index in [0.29, 0.717) is 11.5 Å². The molecule has 0 spiro atoms. The summed E-state index contributed by atoms with van der Waals surface area (Å²) >= 11 is 0. The van der Waals surface area contributed by atoms with Crippen LogP contribution in [-0.2, 0) is 4.74 Å². The van der Waals surface area contributed by atoms with Gasteiger partial charge >= 0.3 is 0 Å². The smallest absolute Gasteiger partial charge is 0.158 e. The summed E-state index contributed by atoms with van der Waals surface area (Å²) in [6, 6.07) is 0. The number of methoxy groups -OCH3 is 1.